The predicted molar refractivity (Wildman–Crippen MR) is 74.4 cm³/mol. The molecule has 2 rings (SSSR count). The molecule has 0 amide bonds. The Morgan fingerprint density at radius 1 is 1.35 bits per heavy atom. The number of H-pyrrole nitrogens is 2. The van der Waals surface area contributed by atoms with Crippen LogP contribution in [0.1, 0.15) is 0 Å². The highest BCUT2D eigenvalue weighted by molar-refractivity contribution is 7.46. The van der Waals surface area contributed by atoms with Crippen LogP contribution in [0.5, 0.6) is 0 Å². The van der Waals surface area contributed by atoms with E-state index in [4.69, 9.17) is 25.4 Å². The molecule has 13 nitrogen and oxygen atoms in total. The fourth-order valence-corrected chi connectivity index (χ4v) is 2.58. The van der Waals surface area contributed by atoms with E-state index in [2.05, 4.69) is 14.8 Å². The number of aliphatic hydroxyl groups is 2. The van der Waals surface area contributed by atoms with Gasteiger partial charge in [-0.15, -0.1) is 0 Å². The van der Waals surface area contributed by atoms with Gasteiger partial charge in [0.2, 0.25) is 0 Å². The van der Waals surface area contributed by atoms with Crippen molar-refractivity contribution < 1.29 is 33.8 Å². The molecule has 1 aromatic heterocycles. The first-order chi connectivity index (χ1) is 10.6. The van der Waals surface area contributed by atoms with Crippen LogP contribution in [-0.4, -0.2) is 61.1 Å². The van der Waals surface area contributed by atoms with Crippen LogP contribution in [0.15, 0.2) is 9.59 Å². The van der Waals surface area contributed by atoms with Gasteiger partial charge in [-0.2, -0.15) is 0 Å². The van der Waals surface area contributed by atoms with Crippen molar-refractivity contribution in [1.29, 1.82) is 0 Å². The Kier molecular flexibility index (Phi) is 4.91. The number of hydrogen-bond acceptors (Lipinski definition) is 9. The van der Waals surface area contributed by atoms with E-state index < -0.39 is 55.9 Å². The zero-order valence-corrected chi connectivity index (χ0v) is 12.3. The molecule has 1 aliphatic rings. The minimum absolute atomic E-state index is 0.297. The number of aromatic amines is 2. The van der Waals surface area contributed by atoms with E-state index in [1.807, 2.05) is 4.98 Å². The molecule has 23 heavy (non-hydrogen) atoms. The van der Waals surface area contributed by atoms with E-state index in [0.29, 0.717) is 0 Å². The summed E-state index contributed by atoms with van der Waals surface area (Å²) in [6, 6.07) is 0. The first kappa shape index (κ1) is 17.6. The number of phosphoric ester groups is 1. The van der Waals surface area contributed by atoms with E-state index in [9.17, 15) is 19.3 Å². The molecule has 130 valence electrons. The highest BCUT2D eigenvalue weighted by Crippen LogP contribution is 2.42. The number of aliphatic hydroxyl groups excluding tert-OH is 2. The average Bonchev–Trinajstić information content (AvgIpc) is 2.71. The number of hydrogen-bond donors (Lipinski definition) is 8. The van der Waals surface area contributed by atoms with Crippen molar-refractivity contribution in [1.82, 2.24) is 9.97 Å². The van der Waals surface area contributed by atoms with Crippen LogP contribution < -0.4 is 22.3 Å². The molecule has 0 spiro atoms. The second kappa shape index (κ2) is 6.41. The van der Waals surface area contributed by atoms with Crippen LogP contribution in [0.25, 0.3) is 0 Å². The lowest BCUT2D eigenvalue weighted by Gasteiger charge is -2.22. The molecule has 4 atom stereocenters. The van der Waals surface area contributed by atoms with Gasteiger partial charge in [0.1, 0.15) is 29.8 Å². The average molecular weight is 354 g/mol. The van der Waals surface area contributed by atoms with Gasteiger partial charge < -0.3 is 35.8 Å². The standard InChI is InChI=1S/C9H15N4O9P/c10-3-6(12-9(17)13-7(3)16)11-8-5(22-23(18,19)20)4(15)2(1-14)21-8/h2,4-5,8,14-15H,1,10H2,(H2,18,19,20)(H3,11,12,13,16,17)/t2-,4-,5-,8?/m1/s1. The van der Waals surface area contributed by atoms with Crippen molar-refractivity contribution in [3.8, 4) is 0 Å². The Morgan fingerprint density at radius 2 is 2.00 bits per heavy atom. The second-order valence-corrected chi connectivity index (χ2v) is 5.86. The van der Waals surface area contributed by atoms with Crippen molar-refractivity contribution in [3.63, 3.8) is 0 Å². The second-order valence-electron chi connectivity index (χ2n) is 4.67. The van der Waals surface area contributed by atoms with E-state index in [0.717, 1.165) is 0 Å². The summed E-state index contributed by atoms with van der Waals surface area (Å²) in [5.74, 6) is -0.297. The zero-order chi connectivity index (χ0) is 17.4. The Bertz CT molecular complexity index is 726. The Hall–Kier alpha value is -1.73. The van der Waals surface area contributed by atoms with Crippen LogP contribution in [0.3, 0.4) is 0 Å². The number of nitrogens with one attached hydrogen (secondary N) is 3. The number of ether oxygens (including phenoxy) is 1. The maximum Gasteiger partial charge on any atom is 0.470 e. The number of anilines is 2. The quantitative estimate of drug-likeness (QED) is 0.244. The molecule has 1 unspecified atom stereocenters. The minimum Gasteiger partial charge on any atom is -0.394 e. The monoisotopic (exact) mass is 354 g/mol. The molecule has 0 aromatic carbocycles. The molecule has 9 N–H and O–H groups in total. The molecule has 2 heterocycles. The van der Waals surface area contributed by atoms with Crippen LogP contribution in [0, 0.1) is 0 Å². The van der Waals surface area contributed by atoms with Crippen LogP contribution in [0.4, 0.5) is 11.5 Å². The van der Waals surface area contributed by atoms with Gasteiger partial charge in [-0.05, 0) is 0 Å². The largest absolute Gasteiger partial charge is 0.470 e. The summed E-state index contributed by atoms with van der Waals surface area (Å²) in [4.78, 5) is 44.4. The van der Waals surface area contributed by atoms with Gasteiger partial charge in [0.15, 0.2) is 6.23 Å². The summed E-state index contributed by atoms with van der Waals surface area (Å²) >= 11 is 0. The number of aromatic nitrogens is 2. The van der Waals surface area contributed by atoms with Gasteiger partial charge in [-0.1, -0.05) is 0 Å². The van der Waals surface area contributed by atoms with Crippen molar-refractivity contribution in [2.75, 3.05) is 17.7 Å². The molecule has 1 fully saturated rings. The minimum atomic E-state index is -5.00. The molecule has 0 aliphatic carbocycles. The number of rotatable bonds is 5. The Morgan fingerprint density at radius 3 is 2.57 bits per heavy atom. The Labute approximate surface area is 127 Å². The summed E-state index contributed by atoms with van der Waals surface area (Å²) < 4.78 is 20.6. The number of nitrogen functional groups attached to an aromatic ring is 1. The first-order valence-corrected chi connectivity index (χ1v) is 7.72. The van der Waals surface area contributed by atoms with Gasteiger partial charge >= 0.3 is 13.5 Å². The Balaban J connectivity index is 2.31. The summed E-state index contributed by atoms with van der Waals surface area (Å²) in [7, 11) is -5.00. The topological polar surface area (TPSA) is 220 Å². The van der Waals surface area contributed by atoms with Gasteiger partial charge in [0.05, 0.1) is 6.61 Å². The van der Waals surface area contributed by atoms with Crippen molar-refractivity contribution in [2.24, 2.45) is 0 Å². The fraction of sp³-hybridized carbons (Fsp3) is 0.556. The fourth-order valence-electron chi connectivity index (χ4n) is 2.03. The molecule has 1 saturated heterocycles. The normalized spacial score (nSPS) is 28.0. The van der Waals surface area contributed by atoms with E-state index in [1.165, 1.54) is 0 Å². The predicted octanol–water partition coefficient (Wildman–Crippen LogP) is -3.39. The van der Waals surface area contributed by atoms with Crippen molar-refractivity contribution >= 4 is 19.3 Å². The molecule has 0 bridgehead atoms. The molecule has 0 saturated carbocycles. The van der Waals surface area contributed by atoms with E-state index >= 15 is 0 Å². The maximum absolute atomic E-state index is 11.4. The van der Waals surface area contributed by atoms with Crippen molar-refractivity contribution in [2.45, 2.75) is 24.5 Å². The van der Waals surface area contributed by atoms with Gasteiger partial charge in [0, 0.05) is 0 Å². The molecule has 1 aromatic rings. The summed E-state index contributed by atoms with van der Waals surface area (Å²) in [6.07, 6.45) is -5.80. The van der Waals surface area contributed by atoms with Gasteiger partial charge in [0.25, 0.3) is 5.56 Å². The van der Waals surface area contributed by atoms with Crippen molar-refractivity contribution in [3.05, 3.63) is 20.8 Å². The highest BCUT2D eigenvalue weighted by atomic mass is 31.2. The van der Waals surface area contributed by atoms with Crippen LogP contribution >= 0.6 is 7.82 Å². The molecular formula is C9H15N4O9P. The first-order valence-electron chi connectivity index (χ1n) is 6.19. The van der Waals surface area contributed by atoms with Crippen LogP contribution in [0.2, 0.25) is 0 Å². The lowest BCUT2D eigenvalue weighted by Crippen LogP contribution is -2.39. The van der Waals surface area contributed by atoms with Gasteiger partial charge in [-0.3, -0.25) is 19.3 Å². The lowest BCUT2D eigenvalue weighted by molar-refractivity contribution is -0.0153. The SMILES string of the molecule is Nc1c(NC2O[C@H](CO)[C@@H](O)[C@H]2OP(=O)(O)O)[nH]c(=O)[nH]c1=O. The summed E-state index contributed by atoms with van der Waals surface area (Å²) in [5, 5.41) is 21.3. The zero-order valence-electron chi connectivity index (χ0n) is 11.4. The third kappa shape index (κ3) is 3.97. The maximum atomic E-state index is 11.4. The molecular weight excluding hydrogens is 339 g/mol. The van der Waals surface area contributed by atoms with Gasteiger partial charge in [-0.25, -0.2) is 9.36 Å². The van der Waals surface area contributed by atoms with Crippen LogP contribution in [-0.2, 0) is 13.8 Å². The molecule has 0 radical (unpaired) electrons. The smallest absolute Gasteiger partial charge is 0.394 e. The number of phosphoric acid groups is 1. The molecule has 14 heteroatoms. The van der Waals surface area contributed by atoms with E-state index in [-0.39, 0.29) is 5.82 Å². The number of nitrogens with two attached hydrogens (primary N) is 1. The third-order valence-electron chi connectivity index (χ3n) is 3.04. The van der Waals surface area contributed by atoms with E-state index in [1.54, 1.807) is 0 Å². The third-order valence-corrected chi connectivity index (χ3v) is 3.56. The highest BCUT2D eigenvalue weighted by Gasteiger charge is 2.47. The lowest BCUT2D eigenvalue weighted by atomic mass is 10.1. The summed E-state index contributed by atoms with van der Waals surface area (Å²) in [5.41, 5.74) is 3.25. The molecule has 1 aliphatic heterocycles. The summed E-state index contributed by atoms with van der Waals surface area (Å²) in [6.45, 7) is -0.665.